The van der Waals surface area contributed by atoms with Crippen LogP contribution in [0, 0.1) is 11.8 Å². The van der Waals surface area contributed by atoms with Gasteiger partial charge in [-0.05, 0) is 57.8 Å². The average Bonchev–Trinajstić information content (AvgIpc) is 3.57. The standard InChI is InChI=1S/C32H51N3O5/c1-5-19-33(20-6-2)28(37)25-26-29(38)35(22-13-10-14-23-36)27(32(26)18-17-31(25,8-4)40-32)30(39)34(21-7-3)24-15-11-9-12-16-24/h5,7,24-27,36H,1,3,6,8-23H2,2,4H3/t25-,26-,27?,31+,32?/m0/s1. The van der Waals surface area contributed by atoms with Crippen LogP contribution in [0.15, 0.2) is 25.3 Å². The minimum Gasteiger partial charge on any atom is -0.396 e. The average molecular weight is 558 g/mol. The van der Waals surface area contributed by atoms with E-state index in [1.807, 2.05) is 23.6 Å². The van der Waals surface area contributed by atoms with Crippen LogP contribution in [0.4, 0.5) is 0 Å². The number of nitrogens with zero attached hydrogens (tertiary/aromatic N) is 3. The van der Waals surface area contributed by atoms with E-state index in [1.165, 1.54) is 6.42 Å². The fourth-order valence-electron chi connectivity index (χ4n) is 8.21. The summed E-state index contributed by atoms with van der Waals surface area (Å²) < 4.78 is 6.99. The SMILES string of the molecule is C=CCN(CCC)C(=O)[C@@H]1[C@H]2C(=O)N(CCCCCO)C(C(=O)N(CC=C)C3CCCCC3)C23CC[C@@]1(CC)O3. The van der Waals surface area contributed by atoms with Gasteiger partial charge in [0.2, 0.25) is 17.7 Å². The van der Waals surface area contributed by atoms with Gasteiger partial charge in [-0.2, -0.15) is 0 Å². The Hall–Kier alpha value is -2.19. The number of aliphatic hydroxyl groups is 1. The summed E-state index contributed by atoms with van der Waals surface area (Å²) >= 11 is 0. The van der Waals surface area contributed by atoms with E-state index < -0.39 is 29.1 Å². The van der Waals surface area contributed by atoms with Crippen LogP contribution in [0.25, 0.3) is 0 Å². The van der Waals surface area contributed by atoms with Crippen molar-refractivity contribution in [3.63, 3.8) is 0 Å². The topological polar surface area (TPSA) is 90.4 Å². The predicted molar refractivity (Wildman–Crippen MR) is 155 cm³/mol. The molecule has 3 amide bonds. The van der Waals surface area contributed by atoms with Crippen LogP contribution in [-0.2, 0) is 19.1 Å². The highest BCUT2D eigenvalue weighted by Gasteiger charge is 2.79. The molecule has 0 aromatic heterocycles. The lowest BCUT2D eigenvalue weighted by Crippen LogP contribution is -2.58. The number of rotatable bonds is 15. The summed E-state index contributed by atoms with van der Waals surface area (Å²) in [6, 6.07) is -0.615. The number of hydrogen-bond donors (Lipinski definition) is 1. The number of carbonyl (C=O) groups is 3. The maximum absolute atomic E-state index is 14.7. The number of ether oxygens (including phenoxy) is 1. The highest BCUT2D eigenvalue weighted by molar-refractivity contribution is 5.99. The van der Waals surface area contributed by atoms with E-state index in [0.29, 0.717) is 58.3 Å². The molecule has 2 unspecified atom stereocenters. The molecule has 4 aliphatic rings. The fraction of sp³-hybridized carbons (Fsp3) is 0.781. The minimum absolute atomic E-state index is 0.0490. The first-order chi connectivity index (χ1) is 19.4. The molecule has 40 heavy (non-hydrogen) atoms. The molecule has 4 rings (SSSR count). The van der Waals surface area contributed by atoms with Crippen molar-refractivity contribution in [2.45, 2.75) is 114 Å². The van der Waals surface area contributed by atoms with Crippen LogP contribution in [0.3, 0.4) is 0 Å². The van der Waals surface area contributed by atoms with Gasteiger partial charge in [-0.1, -0.05) is 45.3 Å². The molecule has 3 heterocycles. The molecule has 1 aliphatic carbocycles. The first-order valence-electron chi connectivity index (χ1n) is 15.8. The molecule has 0 radical (unpaired) electrons. The largest absolute Gasteiger partial charge is 0.396 e. The quantitative estimate of drug-likeness (QED) is 0.242. The van der Waals surface area contributed by atoms with Crippen LogP contribution >= 0.6 is 0 Å². The molecule has 8 nitrogen and oxygen atoms in total. The van der Waals surface area contributed by atoms with Crippen LogP contribution < -0.4 is 0 Å². The Morgan fingerprint density at radius 1 is 1.05 bits per heavy atom. The number of likely N-dealkylation sites (tertiary alicyclic amines) is 1. The van der Waals surface area contributed by atoms with Gasteiger partial charge in [0.25, 0.3) is 0 Å². The van der Waals surface area contributed by atoms with Crippen LogP contribution in [-0.4, -0.2) is 93.6 Å². The van der Waals surface area contributed by atoms with Crippen molar-refractivity contribution < 1.29 is 24.2 Å². The molecule has 3 saturated heterocycles. The number of amides is 3. The fourth-order valence-corrected chi connectivity index (χ4v) is 8.21. The molecule has 0 aromatic rings. The van der Waals surface area contributed by atoms with Crippen LogP contribution in [0.1, 0.15) is 90.9 Å². The molecular formula is C32H51N3O5. The van der Waals surface area contributed by atoms with Gasteiger partial charge in [0.1, 0.15) is 11.6 Å². The van der Waals surface area contributed by atoms with Gasteiger partial charge in [0, 0.05) is 38.8 Å². The van der Waals surface area contributed by atoms with Gasteiger partial charge >= 0.3 is 0 Å². The van der Waals surface area contributed by atoms with E-state index in [-0.39, 0.29) is 30.4 Å². The molecule has 1 saturated carbocycles. The second kappa shape index (κ2) is 13.2. The maximum Gasteiger partial charge on any atom is 0.248 e. The van der Waals surface area contributed by atoms with Gasteiger partial charge in [-0.3, -0.25) is 14.4 Å². The normalized spacial score (nSPS) is 31.3. The Morgan fingerprint density at radius 2 is 1.77 bits per heavy atom. The Morgan fingerprint density at radius 3 is 2.40 bits per heavy atom. The van der Waals surface area contributed by atoms with E-state index in [9.17, 15) is 19.5 Å². The van der Waals surface area contributed by atoms with Gasteiger partial charge in [0.15, 0.2) is 0 Å². The highest BCUT2D eigenvalue weighted by Crippen LogP contribution is 2.64. The summed E-state index contributed by atoms with van der Waals surface area (Å²) in [6.07, 6.45) is 13.6. The summed E-state index contributed by atoms with van der Waals surface area (Å²) in [5.74, 6) is -1.49. The first kappa shape index (κ1) is 30.8. The lowest BCUT2D eigenvalue weighted by Gasteiger charge is -2.41. The lowest BCUT2D eigenvalue weighted by atomic mass is 9.64. The van der Waals surface area contributed by atoms with Crippen molar-refractivity contribution in [2.24, 2.45) is 11.8 Å². The zero-order valence-electron chi connectivity index (χ0n) is 24.8. The third-order valence-electron chi connectivity index (χ3n) is 10.0. The number of hydrogen-bond acceptors (Lipinski definition) is 5. The lowest BCUT2D eigenvalue weighted by molar-refractivity contribution is -0.156. The third kappa shape index (κ3) is 5.26. The second-order valence-electron chi connectivity index (χ2n) is 12.3. The van der Waals surface area contributed by atoms with E-state index in [2.05, 4.69) is 13.2 Å². The Labute approximate surface area is 240 Å². The summed E-state index contributed by atoms with van der Waals surface area (Å²) in [5.41, 5.74) is -1.73. The van der Waals surface area contributed by atoms with Crippen molar-refractivity contribution in [1.82, 2.24) is 14.7 Å². The van der Waals surface area contributed by atoms with Crippen molar-refractivity contribution in [3.05, 3.63) is 25.3 Å². The van der Waals surface area contributed by atoms with Crippen LogP contribution in [0.5, 0.6) is 0 Å². The zero-order valence-corrected chi connectivity index (χ0v) is 24.8. The Balaban J connectivity index is 1.75. The van der Waals surface area contributed by atoms with Gasteiger partial charge in [-0.25, -0.2) is 0 Å². The number of aliphatic hydroxyl groups excluding tert-OH is 1. The summed E-state index contributed by atoms with van der Waals surface area (Å²) in [4.78, 5) is 48.8. The molecule has 1 N–H and O–H groups in total. The van der Waals surface area contributed by atoms with Crippen molar-refractivity contribution in [3.8, 4) is 0 Å². The molecule has 224 valence electrons. The van der Waals surface area contributed by atoms with Crippen molar-refractivity contribution in [2.75, 3.05) is 32.8 Å². The summed E-state index contributed by atoms with van der Waals surface area (Å²) in [6.45, 7) is 13.9. The molecular weight excluding hydrogens is 506 g/mol. The van der Waals surface area contributed by atoms with Crippen molar-refractivity contribution in [1.29, 1.82) is 0 Å². The molecule has 0 aromatic carbocycles. The van der Waals surface area contributed by atoms with Gasteiger partial charge in [-0.15, -0.1) is 13.2 Å². The number of carbonyl (C=O) groups excluding carboxylic acids is 3. The number of unbranched alkanes of at least 4 members (excludes halogenated alkanes) is 2. The molecule has 2 bridgehead atoms. The summed E-state index contributed by atoms with van der Waals surface area (Å²) in [5, 5.41) is 9.31. The second-order valence-corrected chi connectivity index (χ2v) is 12.3. The smallest absolute Gasteiger partial charge is 0.248 e. The van der Waals surface area contributed by atoms with E-state index >= 15 is 0 Å². The van der Waals surface area contributed by atoms with Crippen LogP contribution in [0.2, 0.25) is 0 Å². The molecule has 4 fully saturated rings. The van der Waals surface area contributed by atoms with Gasteiger partial charge in [0.05, 0.1) is 17.4 Å². The maximum atomic E-state index is 14.7. The van der Waals surface area contributed by atoms with E-state index in [1.54, 1.807) is 17.1 Å². The first-order valence-corrected chi connectivity index (χ1v) is 15.8. The zero-order chi connectivity index (χ0) is 28.9. The van der Waals surface area contributed by atoms with E-state index in [4.69, 9.17) is 4.74 Å². The highest BCUT2D eigenvalue weighted by atomic mass is 16.5. The monoisotopic (exact) mass is 557 g/mol. The number of fused-ring (bicyclic) bond motifs is 1. The molecule has 3 aliphatic heterocycles. The Bertz CT molecular complexity index is 949. The minimum atomic E-state index is -0.998. The molecule has 1 spiro atoms. The summed E-state index contributed by atoms with van der Waals surface area (Å²) in [7, 11) is 0. The molecule has 5 atom stereocenters. The molecule has 8 heteroatoms. The Kier molecular flexibility index (Phi) is 10.1. The predicted octanol–water partition coefficient (Wildman–Crippen LogP) is 4.08. The van der Waals surface area contributed by atoms with Crippen molar-refractivity contribution >= 4 is 17.7 Å². The van der Waals surface area contributed by atoms with Gasteiger partial charge < -0.3 is 24.5 Å². The van der Waals surface area contributed by atoms with E-state index in [0.717, 1.165) is 38.5 Å². The third-order valence-corrected chi connectivity index (χ3v) is 10.0.